The van der Waals surface area contributed by atoms with Gasteiger partial charge in [-0.05, 0) is 17.7 Å². The number of hydrogen-bond acceptors (Lipinski definition) is 3. The Morgan fingerprint density at radius 2 is 2.31 bits per heavy atom. The first-order chi connectivity index (χ1) is 7.84. The van der Waals surface area contributed by atoms with E-state index in [9.17, 15) is 4.39 Å². The summed E-state index contributed by atoms with van der Waals surface area (Å²) in [6.45, 7) is 1.56. The Morgan fingerprint density at radius 1 is 1.38 bits per heavy atom. The number of benzene rings is 1. The molecular weight excluding hydrogens is 223 g/mol. The first kappa shape index (κ1) is 11.2. The highest BCUT2D eigenvalue weighted by atomic mass is 32.1. The summed E-state index contributed by atoms with van der Waals surface area (Å²) in [5.41, 5.74) is 0.971. The van der Waals surface area contributed by atoms with Crippen molar-refractivity contribution >= 4 is 11.3 Å². The van der Waals surface area contributed by atoms with Gasteiger partial charge in [0.1, 0.15) is 5.82 Å². The summed E-state index contributed by atoms with van der Waals surface area (Å²) in [6.07, 6.45) is 2.74. The minimum Gasteiger partial charge on any atom is -0.312 e. The minimum absolute atomic E-state index is 0.181. The average molecular weight is 236 g/mol. The van der Waals surface area contributed by atoms with Crippen LogP contribution < -0.4 is 5.32 Å². The molecule has 0 unspecified atom stereocenters. The predicted molar refractivity (Wildman–Crippen MR) is 63.9 cm³/mol. The molecule has 1 heterocycles. The Bertz CT molecular complexity index is 428. The van der Waals surface area contributed by atoms with Gasteiger partial charge in [-0.2, -0.15) is 0 Å². The molecule has 84 valence electrons. The van der Waals surface area contributed by atoms with Crippen molar-refractivity contribution in [3.8, 4) is 0 Å². The van der Waals surface area contributed by atoms with E-state index in [0.29, 0.717) is 6.54 Å². The average Bonchev–Trinajstić information content (AvgIpc) is 2.77. The van der Waals surface area contributed by atoms with E-state index in [4.69, 9.17) is 0 Å². The van der Waals surface area contributed by atoms with E-state index >= 15 is 0 Å². The van der Waals surface area contributed by atoms with Gasteiger partial charge in [-0.25, -0.2) is 9.37 Å². The highest BCUT2D eigenvalue weighted by molar-refractivity contribution is 7.09. The molecule has 4 heteroatoms. The number of nitrogens with zero attached hydrogens (tertiary/aromatic N) is 1. The lowest BCUT2D eigenvalue weighted by Crippen LogP contribution is -2.16. The van der Waals surface area contributed by atoms with Crippen LogP contribution in [0.2, 0.25) is 0 Å². The summed E-state index contributed by atoms with van der Waals surface area (Å²) >= 11 is 1.66. The maximum absolute atomic E-state index is 12.9. The number of hydrogen-bond donors (Lipinski definition) is 1. The Morgan fingerprint density at radius 3 is 3.06 bits per heavy atom. The summed E-state index contributed by atoms with van der Waals surface area (Å²) in [5.74, 6) is -0.181. The molecule has 2 rings (SSSR count). The summed E-state index contributed by atoms with van der Waals surface area (Å²) in [6, 6.07) is 6.65. The molecule has 0 saturated carbocycles. The van der Waals surface area contributed by atoms with Gasteiger partial charge < -0.3 is 5.32 Å². The van der Waals surface area contributed by atoms with E-state index in [0.717, 1.165) is 23.5 Å². The van der Waals surface area contributed by atoms with Crippen molar-refractivity contribution in [2.45, 2.75) is 13.0 Å². The van der Waals surface area contributed by atoms with Crippen molar-refractivity contribution in [3.05, 3.63) is 52.2 Å². The maximum atomic E-state index is 12.9. The molecule has 2 nitrogen and oxygen atoms in total. The lowest BCUT2D eigenvalue weighted by atomic mass is 10.2. The largest absolute Gasteiger partial charge is 0.312 e. The first-order valence-electron chi connectivity index (χ1n) is 5.18. The van der Waals surface area contributed by atoms with Gasteiger partial charge in [0.15, 0.2) is 0 Å². The molecule has 0 radical (unpaired) electrons. The topological polar surface area (TPSA) is 24.9 Å². The van der Waals surface area contributed by atoms with Crippen LogP contribution in [-0.2, 0) is 13.0 Å². The van der Waals surface area contributed by atoms with Gasteiger partial charge in [-0.3, -0.25) is 0 Å². The second kappa shape index (κ2) is 5.72. The van der Waals surface area contributed by atoms with Crippen LogP contribution in [0, 0.1) is 5.82 Å². The van der Waals surface area contributed by atoms with E-state index in [1.165, 1.54) is 6.07 Å². The van der Waals surface area contributed by atoms with E-state index in [-0.39, 0.29) is 5.82 Å². The molecule has 0 spiro atoms. The third-order valence-corrected chi connectivity index (χ3v) is 3.06. The third-order valence-electron chi connectivity index (χ3n) is 2.22. The van der Waals surface area contributed by atoms with Crippen LogP contribution in [0.1, 0.15) is 10.6 Å². The molecule has 2 aromatic rings. The van der Waals surface area contributed by atoms with Gasteiger partial charge >= 0.3 is 0 Å². The standard InChI is InChI=1S/C12H13FN2S/c13-11-3-1-2-10(8-11)9-14-5-4-12-15-6-7-16-12/h1-3,6-8,14H,4-5,9H2. The van der Waals surface area contributed by atoms with Crippen LogP contribution in [0.3, 0.4) is 0 Å². The smallest absolute Gasteiger partial charge is 0.123 e. The first-order valence-corrected chi connectivity index (χ1v) is 6.06. The Balaban J connectivity index is 1.72. The fraction of sp³-hybridized carbons (Fsp3) is 0.250. The second-order valence-corrected chi connectivity index (χ2v) is 4.46. The third kappa shape index (κ3) is 3.40. The fourth-order valence-electron chi connectivity index (χ4n) is 1.45. The zero-order chi connectivity index (χ0) is 11.2. The maximum Gasteiger partial charge on any atom is 0.123 e. The Kier molecular flexibility index (Phi) is 4.02. The molecule has 0 bridgehead atoms. The molecule has 1 aromatic carbocycles. The number of rotatable bonds is 5. The van der Waals surface area contributed by atoms with E-state index in [1.807, 2.05) is 17.6 Å². The molecule has 0 aliphatic heterocycles. The zero-order valence-electron chi connectivity index (χ0n) is 8.82. The van der Waals surface area contributed by atoms with Crippen molar-refractivity contribution < 1.29 is 4.39 Å². The van der Waals surface area contributed by atoms with Crippen molar-refractivity contribution in [1.82, 2.24) is 10.3 Å². The van der Waals surface area contributed by atoms with Gasteiger partial charge in [0.05, 0.1) is 5.01 Å². The van der Waals surface area contributed by atoms with Gasteiger partial charge in [-0.1, -0.05) is 12.1 Å². The van der Waals surface area contributed by atoms with Gasteiger partial charge in [-0.15, -0.1) is 11.3 Å². The fourth-order valence-corrected chi connectivity index (χ4v) is 2.07. The molecule has 1 N–H and O–H groups in total. The Hall–Kier alpha value is -1.26. The second-order valence-electron chi connectivity index (χ2n) is 3.48. The molecule has 0 amide bonds. The van der Waals surface area contributed by atoms with Crippen LogP contribution in [0.15, 0.2) is 35.8 Å². The highest BCUT2D eigenvalue weighted by Crippen LogP contribution is 2.05. The van der Waals surface area contributed by atoms with Crippen molar-refractivity contribution in [2.24, 2.45) is 0 Å². The normalized spacial score (nSPS) is 10.6. The number of thiazole rings is 1. The number of aromatic nitrogens is 1. The number of halogens is 1. The predicted octanol–water partition coefficient (Wildman–Crippen LogP) is 2.61. The summed E-state index contributed by atoms with van der Waals surface area (Å²) in [7, 11) is 0. The summed E-state index contributed by atoms with van der Waals surface area (Å²) in [5, 5.41) is 6.37. The SMILES string of the molecule is Fc1cccc(CNCCc2nccs2)c1. The van der Waals surface area contributed by atoms with Crippen LogP contribution >= 0.6 is 11.3 Å². The van der Waals surface area contributed by atoms with Gasteiger partial charge in [0, 0.05) is 31.1 Å². The van der Waals surface area contributed by atoms with E-state index in [2.05, 4.69) is 10.3 Å². The summed E-state index contributed by atoms with van der Waals surface area (Å²) < 4.78 is 12.9. The van der Waals surface area contributed by atoms with Gasteiger partial charge in [0.25, 0.3) is 0 Å². The number of nitrogens with one attached hydrogen (secondary N) is 1. The highest BCUT2D eigenvalue weighted by Gasteiger charge is 1.97. The van der Waals surface area contributed by atoms with Crippen LogP contribution in [-0.4, -0.2) is 11.5 Å². The zero-order valence-corrected chi connectivity index (χ0v) is 9.64. The molecule has 16 heavy (non-hydrogen) atoms. The minimum atomic E-state index is -0.181. The van der Waals surface area contributed by atoms with Crippen molar-refractivity contribution in [3.63, 3.8) is 0 Å². The lowest BCUT2D eigenvalue weighted by molar-refractivity contribution is 0.620. The monoisotopic (exact) mass is 236 g/mol. The molecule has 0 saturated heterocycles. The van der Waals surface area contributed by atoms with E-state index < -0.39 is 0 Å². The molecular formula is C12H13FN2S. The van der Waals surface area contributed by atoms with Crippen molar-refractivity contribution in [1.29, 1.82) is 0 Å². The molecule has 0 atom stereocenters. The van der Waals surface area contributed by atoms with Crippen molar-refractivity contribution in [2.75, 3.05) is 6.54 Å². The summed E-state index contributed by atoms with van der Waals surface area (Å²) in [4.78, 5) is 4.19. The van der Waals surface area contributed by atoms with Crippen LogP contribution in [0.4, 0.5) is 4.39 Å². The molecule has 0 aliphatic carbocycles. The molecule has 0 fully saturated rings. The lowest BCUT2D eigenvalue weighted by Gasteiger charge is -2.03. The van der Waals surface area contributed by atoms with Gasteiger partial charge in [0.2, 0.25) is 0 Å². The molecule has 0 aliphatic rings. The molecule has 1 aromatic heterocycles. The van der Waals surface area contributed by atoms with Crippen LogP contribution in [0.25, 0.3) is 0 Å². The quantitative estimate of drug-likeness (QED) is 0.807. The Labute approximate surface area is 98.2 Å². The van der Waals surface area contributed by atoms with E-state index in [1.54, 1.807) is 23.5 Å². The van der Waals surface area contributed by atoms with Crippen LogP contribution in [0.5, 0.6) is 0 Å².